The molecule has 0 unspecified atom stereocenters. The fourth-order valence-corrected chi connectivity index (χ4v) is 5.68. The number of carbonyl (C=O) groups is 1. The lowest BCUT2D eigenvalue weighted by Crippen LogP contribution is -2.15. The summed E-state index contributed by atoms with van der Waals surface area (Å²) in [5.41, 5.74) is 10.1. The minimum atomic E-state index is -0.160. The molecule has 184 valence electrons. The molecule has 0 atom stereocenters. The number of hydrogen-bond acceptors (Lipinski definition) is 9. The van der Waals surface area contributed by atoms with Crippen molar-refractivity contribution in [2.24, 2.45) is 0 Å². The average Bonchev–Trinajstić information content (AvgIpc) is 3.56. The van der Waals surface area contributed by atoms with E-state index in [0.29, 0.717) is 41.2 Å². The highest BCUT2D eigenvalue weighted by atomic mass is 32.1. The van der Waals surface area contributed by atoms with Crippen molar-refractivity contribution in [1.82, 2.24) is 9.97 Å². The molecule has 0 saturated carbocycles. The molecule has 6 rings (SSSR count). The lowest BCUT2D eigenvalue weighted by atomic mass is 10.1. The number of carbonyl (C=O) groups excluding carboxylic acids is 1. The van der Waals surface area contributed by atoms with Gasteiger partial charge in [-0.25, -0.2) is 9.97 Å². The summed E-state index contributed by atoms with van der Waals surface area (Å²) in [4.78, 5) is 22.6. The SMILES string of the molecule is Nc1nc(Nc2ccc3c(c2)OCCO3)sc1-c1nc(-c2cccc(NC(=O)c3ccccc3)c2)cs1. The molecule has 0 aliphatic carbocycles. The van der Waals surface area contributed by atoms with E-state index in [2.05, 4.69) is 15.6 Å². The first-order valence-corrected chi connectivity index (χ1v) is 13.2. The van der Waals surface area contributed by atoms with Gasteiger partial charge in [-0.1, -0.05) is 41.7 Å². The minimum absolute atomic E-state index is 0.160. The fraction of sp³-hybridized carbons (Fsp3) is 0.0741. The van der Waals surface area contributed by atoms with Crippen LogP contribution in [0.15, 0.2) is 78.2 Å². The second-order valence-corrected chi connectivity index (χ2v) is 10.0. The topological polar surface area (TPSA) is 111 Å². The Morgan fingerprint density at radius 1 is 0.892 bits per heavy atom. The van der Waals surface area contributed by atoms with Crippen molar-refractivity contribution in [3.63, 3.8) is 0 Å². The monoisotopic (exact) mass is 527 g/mol. The van der Waals surface area contributed by atoms with E-state index < -0.39 is 0 Å². The number of nitrogens with two attached hydrogens (primary N) is 1. The van der Waals surface area contributed by atoms with Gasteiger partial charge in [-0.15, -0.1) is 11.3 Å². The number of thiazole rings is 2. The van der Waals surface area contributed by atoms with Crippen molar-refractivity contribution >= 4 is 50.9 Å². The van der Waals surface area contributed by atoms with Crippen LogP contribution < -0.4 is 25.8 Å². The first-order valence-electron chi connectivity index (χ1n) is 11.5. The Labute approximate surface area is 220 Å². The number of rotatable bonds is 6. The predicted molar refractivity (Wildman–Crippen MR) is 148 cm³/mol. The van der Waals surface area contributed by atoms with Gasteiger partial charge in [0.15, 0.2) is 16.6 Å². The van der Waals surface area contributed by atoms with Crippen LogP contribution in [-0.2, 0) is 0 Å². The lowest BCUT2D eigenvalue weighted by Gasteiger charge is -2.18. The summed E-state index contributed by atoms with van der Waals surface area (Å²) in [5.74, 6) is 1.69. The van der Waals surface area contributed by atoms with Gasteiger partial charge < -0.3 is 25.8 Å². The van der Waals surface area contributed by atoms with Gasteiger partial charge in [0, 0.05) is 33.9 Å². The summed E-state index contributed by atoms with van der Waals surface area (Å²) in [7, 11) is 0. The molecule has 0 spiro atoms. The zero-order valence-electron chi connectivity index (χ0n) is 19.4. The van der Waals surface area contributed by atoms with Gasteiger partial charge in [0.2, 0.25) is 0 Å². The van der Waals surface area contributed by atoms with E-state index in [4.69, 9.17) is 20.2 Å². The Balaban J connectivity index is 1.19. The molecule has 4 N–H and O–H groups in total. The molecule has 1 aliphatic rings. The van der Waals surface area contributed by atoms with E-state index in [1.165, 1.54) is 22.7 Å². The summed E-state index contributed by atoms with van der Waals surface area (Å²) in [6, 6.07) is 22.4. The van der Waals surface area contributed by atoms with Crippen LogP contribution in [0.5, 0.6) is 11.5 Å². The number of ether oxygens (including phenoxy) is 2. The zero-order valence-corrected chi connectivity index (χ0v) is 21.1. The molecule has 37 heavy (non-hydrogen) atoms. The Hall–Kier alpha value is -4.41. The summed E-state index contributed by atoms with van der Waals surface area (Å²) < 4.78 is 11.2. The number of aromatic nitrogens is 2. The Kier molecular flexibility index (Phi) is 6.17. The Bertz CT molecular complexity index is 1580. The van der Waals surface area contributed by atoms with E-state index in [1.807, 2.05) is 66.0 Å². The van der Waals surface area contributed by atoms with Gasteiger partial charge in [-0.2, -0.15) is 0 Å². The van der Waals surface area contributed by atoms with Gasteiger partial charge in [-0.05, 0) is 36.4 Å². The van der Waals surface area contributed by atoms with E-state index in [1.54, 1.807) is 12.1 Å². The van der Waals surface area contributed by atoms with Gasteiger partial charge in [-0.3, -0.25) is 4.79 Å². The molecule has 0 radical (unpaired) electrons. The van der Waals surface area contributed by atoms with E-state index >= 15 is 0 Å². The zero-order chi connectivity index (χ0) is 25.2. The van der Waals surface area contributed by atoms with Crippen molar-refractivity contribution < 1.29 is 14.3 Å². The number of anilines is 4. The number of nitrogen functional groups attached to an aromatic ring is 1. The van der Waals surface area contributed by atoms with Crippen molar-refractivity contribution in [3.05, 3.63) is 83.7 Å². The van der Waals surface area contributed by atoms with Crippen LogP contribution in [-0.4, -0.2) is 29.1 Å². The van der Waals surface area contributed by atoms with E-state index in [-0.39, 0.29) is 5.91 Å². The van der Waals surface area contributed by atoms with Crippen molar-refractivity contribution in [1.29, 1.82) is 0 Å². The molecule has 8 nitrogen and oxygen atoms in total. The normalized spacial score (nSPS) is 12.2. The van der Waals surface area contributed by atoms with Crippen molar-refractivity contribution in [2.45, 2.75) is 0 Å². The van der Waals surface area contributed by atoms with Crippen molar-refractivity contribution in [3.8, 4) is 32.6 Å². The molecule has 2 aromatic heterocycles. The molecule has 5 aromatic rings. The third kappa shape index (κ3) is 4.97. The summed E-state index contributed by atoms with van der Waals surface area (Å²) in [5, 5.41) is 9.64. The van der Waals surface area contributed by atoms with E-state index in [0.717, 1.165) is 32.6 Å². The van der Waals surface area contributed by atoms with Crippen LogP contribution in [0.2, 0.25) is 0 Å². The number of amides is 1. The highest BCUT2D eigenvalue weighted by Gasteiger charge is 2.17. The molecule has 0 saturated heterocycles. The van der Waals surface area contributed by atoms with Gasteiger partial charge in [0.1, 0.15) is 28.9 Å². The van der Waals surface area contributed by atoms with E-state index in [9.17, 15) is 4.79 Å². The van der Waals surface area contributed by atoms with Crippen molar-refractivity contribution in [2.75, 3.05) is 29.6 Å². The van der Waals surface area contributed by atoms with Crippen LogP contribution in [0, 0.1) is 0 Å². The summed E-state index contributed by atoms with van der Waals surface area (Å²) in [6.07, 6.45) is 0. The standard InChI is InChI=1S/C27H21N5O3S2/c28-24-23(37-27(32-24)30-19-9-10-21-22(14-19)35-12-11-34-21)26-31-20(15-36-26)17-7-4-8-18(13-17)29-25(33)16-5-2-1-3-6-16/h1-10,13-15H,11-12,28H2,(H,29,33)(H,30,32). The van der Waals surface area contributed by atoms with Gasteiger partial charge in [0.05, 0.1) is 5.69 Å². The van der Waals surface area contributed by atoms with Crippen LogP contribution in [0.3, 0.4) is 0 Å². The third-order valence-electron chi connectivity index (χ3n) is 5.60. The van der Waals surface area contributed by atoms with Gasteiger partial charge in [0.25, 0.3) is 5.91 Å². The highest BCUT2D eigenvalue weighted by molar-refractivity contribution is 7.23. The predicted octanol–water partition coefficient (Wildman–Crippen LogP) is 6.28. The molecule has 1 aliphatic heterocycles. The quantitative estimate of drug-likeness (QED) is 0.238. The summed E-state index contributed by atoms with van der Waals surface area (Å²) >= 11 is 2.93. The molecular formula is C27H21N5O3S2. The van der Waals surface area contributed by atoms with Crippen LogP contribution >= 0.6 is 22.7 Å². The molecule has 10 heteroatoms. The maximum absolute atomic E-state index is 12.5. The lowest BCUT2D eigenvalue weighted by molar-refractivity contribution is 0.102. The smallest absolute Gasteiger partial charge is 0.255 e. The number of hydrogen-bond donors (Lipinski definition) is 3. The molecule has 3 heterocycles. The molecular weight excluding hydrogens is 506 g/mol. The molecule has 1 amide bonds. The largest absolute Gasteiger partial charge is 0.486 e. The second-order valence-electron chi connectivity index (χ2n) is 8.16. The second kappa shape index (κ2) is 9.92. The number of fused-ring (bicyclic) bond motifs is 1. The van der Waals surface area contributed by atoms with Crippen LogP contribution in [0.4, 0.5) is 22.3 Å². The first-order chi connectivity index (χ1) is 18.1. The maximum Gasteiger partial charge on any atom is 0.255 e. The summed E-state index contributed by atoms with van der Waals surface area (Å²) in [6.45, 7) is 1.08. The maximum atomic E-state index is 12.5. The average molecular weight is 528 g/mol. The molecule has 0 fully saturated rings. The molecule has 0 bridgehead atoms. The number of nitrogens with one attached hydrogen (secondary N) is 2. The highest BCUT2D eigenvalue weighted by Crippen LogP contribution is 2.40. The number of nitrogens with zero attached hydrogens (tertiary/aromatic N) is 2. The first kappa shape index (κ1) is 23.0. The van der Waals surface area contributed by atoms with Crippen LogP contribution in [0.1, 0.15) is 10.4 Å². The Morgan fingerprint density at radius 2 is 1.73 bits per heavy atom. The third-order valence-corrected chi connectivity index (χ3v) is 7.58. The molecule has 3 aromatic carbocycles. The fourth-order valence-electron chi connectivity index (χ4n) is 3.84. The number of benzene rings is 3. The minimum Gasteiger partial charge on any atom is -0.486 e. The Morgan fingerprint density at radius 3 is 2.59 bits per heavy atom. The van der Waals surface area contributed by atoms with Gasteiger partial charge >= 0.3 is 0 Å². The van der Waals surface area contributed by atoms with Crippen LogP contribution in [0.25, 0.3) is 21.1 Å².